The van der Waals surface area contributed by atoms with E-state index in [1.54, 1.807) is 17.0 Å². The van der Waals surface area contributed by atoms with E-state index in [1.807, 2.05) is 12.1 Å². The Morgan fingerprint density at radius 2 is 2.00 bits per heavy atom. The van der Waals surface area contributed by atoms with Crippen LogP contribution in [-0.2, 0) is 16.0 Å². The van der Waals surface area contributed by atoms with Crippen molar-refractivity contribution in [3.05, 3.63) is 29.8 Å². The van der Waals surface area contributed by atoms with Gasteiger partial charge in [0, 0.05) is 18.8 Å². The molecule has 2 amide bonds. The van der Waals surface area contributed by atoms with Gasteiger partial charge in [0.25, 0.3) is 0 Å². The molecule has 3 N–H and O–H groups in total. The second-order valence-electron chi connectivity index (χ2n) is 6.02. The fourth-order valence-corrected chi connectivity index (χ4v) is 2.98. The van der Waals surface area contributed by atoms with E-state index in [2.05, 4.69) is 5.32 Å². The van der Waals surface area contributed by atoms with E-state index in [9.17, 15) is 14.0 Å². The van der Waals surface area contributed by atoms with Crippen LogP contribution in [0.5, 0.6) is 0 Å². The third-order valence-electron chi connectivity index (χ3n) is 4.40. The molecule has 1 fully saturated rings. The first-order valence-corrected chi connectivity index (χ1v) is 8.03. The molecule has 0 aliphatic carbocycles. The minimum Gasteiger partial charge on any atom is -0.341 e. The summed E-state index contributed by atoms with van der Waals surface area (Å²) in [5.74, 6) is 0.344. The number of nitrogens with two attached hydrogens (primary N) is 1. The van der Waals surface area contributed by atoms with Crippen molar-refractivity contribution in [2.75, 3.05) is 25.1 Å². The topological polar surface area (TPSA) is 75.4 Å². The fourth-order valence-electron chi connectivity index (χ4n) is 2.98. The van der Waals surface area contributed by atoms with Crippen LogP contribution in [0.1, 0.15) is 24.8 Å². The second kappa shape index (κ2) is 8.62. The van der Waals surface area contributed by atoms with Gasteiger partial charge in [0.15, 0.2) is 0 Å². The van der Waals surface area contributed by atoms with Crippen LogP contribution >= 0.6 is 0 Å². The Morgan fingerprint density at radius 1 is 1.35 bits per heavy atom. The Hall–Kier alpha value is -1.95. The van der Waals surface area contributed by atoms with E-state index in [-0.39, 0.29) is 12.6 Å². The highest BCUT2D eigenvalue weighted by atomic mass is 19.1. The number of carbonyl (C=O) groups is 2. The summed E-state index contributed by atoms with van der Waals surface area (Å²) in [6, 6.07) is 6.70. The van der Waals surface area contributed by atoms with E-state index < -0.39 is 6.04 Å². The van der Waals surface area contributed by atoms with Gasteiger partial charge in [-0.25, -0.2) is 0 Å². The molecule has 2 rings (SSSR count). The fraction of sp³-hybridized carbons (Fsp3) is 0.529. The zero-order valence-corrected chi connectivity index (χ0v) is 13.2. The molecule has 23 heavy (non-hydrogen) atoms. The summed E-state index contributed by atoms with van der Waals surface area (Å²) in [5, 5.41) is 2.56. The zero-order chi connectivity index (χ0) is 16.7. The smallest absolute Gasteiger partial charge is 0.239 e. The molecule has 1 aromatic rings. The van der Waals surface area contributed by atoms with Gasteiger partial charge in [-0.15, -0.1) is 0 Å². The lowest BCUT2D eigenvalue weighted by Gasteiger charge is -2.33. The van der Waals surface area contributed by atoms with Crippen LogP contribution in [0.2, 0.25) is 0 Å². The SMILES string of the molecule is N[C@@H](Cc1ccc(NC=O)cc1)C(=O)N1CCC(CCF)CC1. The van der Waals surface area contributed by atoms with E-state index in [0.29, 0.717) is 43.9 Å². The molecule has 1 aliphatic rings. The van der Waals surface area contributed by atoms with E-state index in [4.69, 9.17) is 5.73 Å². The first-order valence-electron chi connectivity index (χ1n) is 8.03. The third-order valence-corrected chi connectivity index (χ3v) is 4.40. The van der Waals surface area contributed by atoms with Crippen LogP contribution < -0.4 is 11.1 Å². The van der Waals surface area contributed by atoms with Crippen molar-refractivity contribution in [2.45, 2.75) is 31.7 Å². The average Bonchev–Trinajstić information content (AvgIpc) is 2.57. The molecule has 1 saturated heterocycles. The maximum atomic E-state index is 12.4. The summed E-state index contributed by atoms with van der Waals surface area (Å²) in [4.78, 5) is 24.6. The number of carbonyl (C=O) groups excluding carboxylic acids is 2. The van der Waals surface area contributed by atoms with Gasteiger partial charge in [0.2, 0.25) is 12.3 Å². The number of alkyl halides is 1. The molecule has 0 saturated carbocycles. The number of likely N-dealkylation sites (tertiary alicyclic amines) is 1. The van der Waals surface area contributed by atoms with Gasteiger partial charge in [0.1, 0.15) is 0 Å². The van der Waals surface area contributed by atoms with Crippen molar-refractivity contribution in [2.24, 2.45) is 11.7 Å². The predicted octanol–water partition coefficient (Wildman–Crippen LogP) is 1.72. The Kier molecular flexibility index (Phi) is 6.52. The summed E-state index contributed by atoms with van der Waals surface area (Å²) in [5.41, 5.74) is 7.71. The standard InChI is InChI=1S/C17H24FN3O2/c18-8-5-13-6-9-21(10-7-13)17(23)16(19)11-14-1-3-15(4-2-14)20-12-22/h1-4,12-13,16H,5-11,19H2,(H,20,22)/t16-/m0/s1. The van der Waals surface area contributed by atoms with Gasteiger partial charge >= 0.3 is 0 Å². The number of nitrogens with one attached hydrogen (secondary N) is 1. The molecule has 0 aromatic heterocycles. The molecule has 1 heterocycles. The number of anilines is 1. The molecule has 5 nitrogen and oxygen atoms in total. The number of rotatable bonds is 7. The van der Waals surface area contributed by atoms with Crippen LogP contribution in [-0.4, -0.2) is 43.0 Å². The quantitative estimate of drug-likeness (QED) is 0.751. The normalized spacial score (nSPS) is 16.9. The Balaban J connectivity index is 1.84. The lowest BCUT2D eigenvalue weighted by molar-refractivity contribution is -0.134. The minimum absolute atomic E-state index is 0.0428. The number of hydrogen-bond donors (Lipinski definition) is 2. The predicted molar refractivity (Wildman–Crippen MR) is 87.7 cm³/mol. The maximum absolute atomic E-state index is 12.4. The summed E-state index contributed by atoms with van der Waals surface area (Å²) in [7, 11) is 0. The van der Waals surface area contributed by atoms with Crippen molar-refractivity contribution in [1.82, 2.24) is 4.90 Å². The lowest BCUT2D eigenvalue weighted by Crippen LogP contribution is -2.48. The molecule has 6 heteroatoms. The molecule has 0 spiro atoms. The van der Waals surface area contributed by atoms with Crippen molar-refractivity contribution in [1.29, 1.82) is 0 Å². The minimum atomic E-state index is -0.572. The van der Waals surface area contributed by atoms with Crippen molar-refractivity contribution < 1.29 is 14.0 Å². The Labute approximate surface area is 136 Å². The summed E-state index contributed by atoms with van der Waals surface area (Å²) < 4.78 is 12.4. The van der Waals surface area contributed by atoms with Gasteiger partial charge in [-0.2, -0.15) is 0 Å². The van der Waals surface area contributed by atoms with Crippen molar-refractivity contribution >= 4 is 18.0 Å². The molecule has 1 atom stereocenters. The Bertz CT molecular complexity index is 513. The molecule has 0 bridgehead atoms. The molecular formula is C17H24FN3O2. The van der Waals surface area contributed by atoms with Crippen molar-refractivity contribution in [3.8, 4) is 0 Å². The highest BCUT2D eigenvalue weighted by Gasteiger charge is 2.26. The van der Waals surface area contributed by atoms with E-state index >= 15 is 0 Å². The zero-order valence-electron chi connectivity index (χ0n) is 13.2. The molecular weight excluding hydrogens is 297 g/mol. The van der Waals surface area contributed by atoms with Gasteiger partial charge < -0.3 is 16.0 Å². The third kappa shape index (κ3) is 5.03. The van der Waals surface area contributed by atoms with Crippen LogP contribution in [0.25, 0.3) is 0 Å². The van der Waals surface area contributed by atoms with Gasteiger partial charge in [0.05, 0.1) is 12.7 Å². The molecule has 0 unspecified atom stereocenters. The van der Waals surface area contributed by atoms with Crippen LogP contribution in [0.4, 0.5) is 10.1 Å². The number of nitrogens with zero attached hydrogens (tertiary/aromatic N) is 1. The van der Waals surface area contributed by atoms with Crippen LogP contribution in [0.3, 0.4) is 0 Å². The number of hydrogen-bond acceptors (Lipinski definition) is 3. The number of benzene rings is 1. The number of piperidine rings is 1. The number of amides is 2. The maximum Gasteiger partial charge on any atom is 0.239 e. The molecule has 1 aliphatic heterocycles. The van der Waals surface area contributed by atoms with E-state index in [0.717, 1.165) is 18.4 Å². The van der Waals surface area contributed by atoms with Crippen LogP contribution in [0.15, 0.2) is 24.3 Å². The molecule has 1 aromatic carbocycles. The monoisotopic (exact) mass is 321 g/mol. The van der Waals surface area contributed by atoms with E-state index in [1.165, 1.54) is 0 Å². The van der Waals surface area contributed by atoms with Gasteiger partial charge in [-0.05, 0) is 49.3 Å². The first kappa shape index (κ1) is 17.4. The molecule has 0 radical (unpaired) electrons. The van der Waals surface area contributed by atoms with Crippen LogP contribution in [0, 0.1) is 5.92 Å². The first-order chi connectivity index (χ1) is 11.1. The van der Waals surface area contributed by atoms with Gasteiger partial charge in [-0.3, -0.25) is 14.0 Å². The second-order valence-corrected chi connectivity index (χ2v) is 6.02. The van der Waals surface area contributed by atoms with Crippen molar-refractivity contribution in [3.63, 3.8) is 0 Å². The highest BCUT2D eigenvalue weighted by molar-refractivity contribution is 5.82. The largest absolute Gasteiger partial charge is 0.341 e. The summed E-state index contributed by atoms with van der Waals surface area (Å²) >= 11 is 0. The highest BCUT2D eigenvalue weighted by Crippen LogP contribution is 2.21. The average molecular weight is 321 g/mol. The van der Waals surface area contributed by atoms with Gasteiger partial charge in [-0.1, -0.05) is 12.1 Å². The number of halogens is 1. The molecule has 126 valence electrons. The Morgan fingerprint density at radius 3 is 2.57 bits per heavy atom. The lowest BCUT2D eigenvalue weighted by atomic mass is 9.93. The summed E-state index contributed by atoms with van der Waals surface area (Å²) in [6.45, 7) is 1.05. The summed E-state index contributed by atoms with van der Waals surface area (Å²) in [6.07, 6.45) is 3.39.